The van der Waals surface area contributed by atoms with Gasteiger partial charge in [0.2, 0.25) is 5.91 Å². The lowest BCUT2D eigenvalue weighted by Gasteiger charge is -2.09. The van der Waals surface area contributed by atoms with Crippen LogP contribution in [0.15, 0.2) is 30.3 Å². The Morgan fingerprint density at radius 1 is 0.875 bits per heavy atom. The number of aryl methyl sites for hydroxylation is 1. The second kappa shape index (κ2) is 16.5. The number of carbonyl (C=O) groups is 1. The van der Waals surface area contributed by atoms with Crippen molar-refractivity contribution in [2.45, 2.75) is 65.2 Å². The van der Waals surface area contributed by atoms with Gasteiger partial charge in [0.1, 0.15) is 0 Å². The molecule has 0 saturated carbocycles. The van der Waals surface area contributed by atoms with Crippen molar-refractivity contribution < 1.29 is 9.53 Å². The number of hydrogen-bond acceptors (Lipinski definition) is 2. The van der Waals surface area contributed by atoms with Gasteiger partial charge in [0, 0.05) is 33.7 Å². The normalized spacial score (nSPS) is 10.0. The molecule has 0 aliphatic heterocycles. The van der Waals surface area contributed by atoms with Gasteiger partial charge in [-0.2, -0.15) is 0 Å². The molecular weight excluding hydrogens is 298 g/mol. The first kappa shape index (κ1) is 22.6. The van der Waals surface area contributed by atoms with Crippen LogP contribution in [0.5, 0.6) is 0 Å². The molecule has 1 amide bonds. The average molecular weight is 336 g/mol. The van der Waals surface area contributed by atoms with Crippen LogP contribution in [0.1, 0.15) is 64.4 Å². The molecule has 0 saturated heterocycles. The summed E-state index contributed by atoms with van der Waals surface area (Å²) in [5, 5.41) is 0. The van der Waals surface area contributed by atoms with E-state index in [1.807, 2.05) is 13.8 Å². The van der Waals surface area contributed by atoms with Crippen molar-refractivity contribution in [3.8, 4) is 0 Å². The largest absolute Gasteiger partial charge is 0.381 e. The maximum absolute atomic E-state index is 11.4. The third-order valence-electron chi connectivity index (χ3n) is 3.78. The molecule has 138 valence electrons. The Bertz CT molecular complexity index is 390. The van der Waals surface area contributed by atoms with Crippen LogP contribution in [0.2, 0.25) is 0 Å². The van der Waals surface area contributed by atoms with Gasteiger partial charge in [-0.15, -0.1) is 0 Å². The molecular formula is C21H37NO2. The molecule has 3 heteroatoms. The highest BCUT2D eigenvalue weighted by Gasteiger charge is 2.02. The summed E-state index contributed by atoms with van der Waals surface area (Å²) < 4.78 is 5.62. The summed E-state index contributed by atoms with van der Waals surface area (Å²) in [6.45, 7) is 5.64. The highest BCUT2D eigenvalue weighted by Crippen LogP contribution is 2.08. The Labute approximate surface area is 149 Å². The molecule has 0 unspecified atom stereocenters. The molecule has 0 fully saturated rings. The van der Waals surface area contributed by atoms with Gasteiger partial charge in [0.25, 0.3) is 0 Å². The van der Waals surface area contributed by atoms with E-state index in [1.165, 1.54) is 31.2 Å². The number of carbonyl (C=O) groups excluding carboxylic acids is 1. The standard InChI is InChI=1S/C19H31NO2.C2H6/c1-20(2)19(21)15-9-11-17-22-16-10-4-3-6-12-18-13-7-5-8-14-18;1-2/h5,7-8,13-14H,3-4,6,9-12,15-17H2,1-2H3;1-2H3. The minimum atomic E-state index is 0.207. The lowest BCUT2D eigenvalue weighted by Crippen LogP contribution is -2.21. The molecule has 0 aliphatic carbocycles. The Balaban J connectivity index is 0.00000254. The number of amides is 1. The van der Waals surface area contributed by atoms with Crippen LogP contribution in [-0.2, 0) is 16.0 Å². The Kier molecular flexibility index (Phi) is 15.6. The van der Waals surface area contributed by atoms with E-state index in [0.717, 1.165) is 32.5 Å². The van der Waals surface area contributed by atoms with Gasteiger partial charge in [0.05, 0.1) is 0 Å². The van der Waals surface area contributed by atoms with Crippen LogP contribution in [-0.4, -0.2) is 38.1 Å². The molecule has 0 aromatic heterocycles. The van der Waals surface area contributed by atoms with E-state index in [2.05, 4.69) is 30.3 Å². The number of benzene rings is 1. The highest BCUT2D eigenvalue weighted by molar-refractivity contribution is 5.75. The van der Waals surface area contributed by atoms with E-state index >= 15 is 0 Å². The molecule has 0 heterocycles. The molecule has 24 heavy (non-hydrogen) atoms. The molecule has 0 bridgehead atoms. The van der Waals surface area contributed by atoms with E-state index in [0.29, 0.717) is 6.42 Å². The fourth-order valence-corrected chi connectivity index (χ4v) is 2.34. The predicted octanol–water partition coefficient (Wildman–Crippen LogP) is 5.09. The van der Waals surface area contributed by atoms with Crippen molar-refractivity contribution in [1.29, 1.82) is 0 Å². The minimum absolute atomic E-state index is 0.207. The summed E-state index contributed by atoms with van der Waals surface area (Å²) >= 11 is 0. The molecule has 0 atom stereocenters. The Morgan fingerprint density at radius 2 is 1.46 bits per heavy atom. The number of hydrogen-bond donors (Lipinski definition) is 0. The zero-order chi connectivity index (χ0) is 18.0. The van der Waals surface area contributed by atoms with Gasteiger partial charge in [0.15, 0.2) is 0 Å². The van der Waals surface area contributed by atoms with E-state index < -0.39 is 0 Å². The van der Waals surface area contributed by atoms with Crippen LogP contribution < -0.4 is 0 Å². The minimum Gasteiger partial charge on any atom is -0.381 e. The Hall–Kier alpha value is -1.35. The van der Waals surface area contributed by atoms with Crippen molar-refractivity contribution >= 4 is 5.91 Å². The fraction of sp³-hybridized carbons (Fsp3) is 0.667. The van der Waals surface area contributed by atoms with Crippen LogP contribution >= 0.6 is 0 Å². The second-order valence-electron chi connectivity index (χ2n) is 6.01. The zero-order valence-corrected chi connectivity index (χ0v) is 16.2. The molecule has 0 radical (unpaired) electrons. The molecule has 3 nitrogen and oxygen atoms in total. The first-order valence-corrected chi connectivity index (χ1v) is 9.52. The van der Waals surface area contributed by atoms with Crippen molar-refractivity contribution in [2.75, 3.05) is 27.3 Å². The van der Waals surface area contributed by atoms with Gasteiger partial charge in [-0.1, -0.05) is 57.0 Å². The summed E-state index contributed by atoms with van der Waals surface area (Å²) in [7, 11) is 3.60. The Morgan fingerprint density at radius 3 is 2.08 bits per heavy atom. The molecule has 1 aromatic carbocycles. The maximum atomic E-state index is 11.4. The zero-order valence-electron chi connectivity index (χ0n) is 16.2. The van der Waals surface area contributed by atoms with Gasteiger partial charge in [-0.25, -0.2) is 0 Å². The summed E-state index contributed by atoms with van der Waals surface area (Å²) in [4.78, 5) is 13.0. The number of nitrogens with zero attached hydrogens (tertiary/aromatic N) is 1. The summed E-state index contributed by atoms with van der Waals surface area (Å²) in [5.41, 5.74) is 1.44. The molecule has 0 N–H and O–H groups in total. The van der Waals surface area contributed by atoms with Gasteiger partial charge in [-0.05, 0) is 37.7 Å². The quantitative estimate of drug-likeness (QED) is 0.498. The summed E-state index contributed by atoms with van der Waals surface area (Å²) in [6, 6.07) is 10.7. The van der Waals surface area contributed by atoms with Gasteiger partial charge >= 0.3 is 0 Å². The van der Waals surface area contributed by atoms with E-state index in [-0.39, 0.29) is 5.91 Å². The van der Waals surface area contributed by atoms with Crippen LogP contribution in [0.3, 0.4) is 0 Å². The summed E-state index contributed by atoms with van der Waals surface area (Å²) in [5.74, 6) is 0.207. The number of rotatable bonds is 12. The van der Waals surface area contributed by atoms with E-state index in [1.54, 1.807) is 19.0 Å². The van der Waals surface area contributed by atoms with Crippen LogP contribution in [0, 0.1) is 0 Å². The highest BCUT2D eigenvalue weighted by atomic mass is 16.5. The van der Waals surface area contributed by atoms with E-state index in [4.69, 9.17) is 4.74 Å². The van der Waals surface area contributed by atoms with Crippen molar-refractivity contribution in [3.05, 3.63) is 35.9 Å². The molecule has 1 rings (SSSR count). The van der Waals surface area contributed by atoms with Crippen molar-refractivity contribution in [2.24, 2.45) is 0 Å². The number of ether oxygens (including phenoxy) is 1. The maximum Gasteiger partial charge on any atom is 0.222 e. The van der Waals surface area contributed by atoms with Crippen LogP contribution in [0.4, 0.5) is 0 Å². The molecule has 1 aromatic rings. The third kappa shape index (κ3) is 13.1. The predicted molar refractivity (Wildman–Crippen MR) is 103 cm³/mol. The molecule has 0 spiro atoms. The first-order valence-electron chi connectivity index (χ1n) is 9.52. The monoisotopic (exact) mass is 335 g/mol. The molecule has 0 aliphatic rings. The number of unbranched alkanes of at least 4 members (excludes halogenated alkanes) is 4. The van der Waals surface area contributed by atoms with Gasteiger partial charge in [-0.3, -0.25) is 4.79 Å². The lowest BCUT2D eigenvalue weighted by molar-refractivity contribution is -0.128. The smallest absolute Gasteiger partial charge is 0.222 e. The lowest BCUT2D eigenvalue weighted by atomic mass is 10.1. The summed E-state index contributed by atoms with van der Waals surface area (Å²) in [6.07, 6.45) is 8.64. The third-order valence-corrected chi connectivity index (χ3v) is 3.78. The van der Waals surface area contributed by atoms with Gasteiger partial charge < -0.3 is 9.64 Å². The van der Waals surface area contributed by atoms with E-state index in [9.17, 15) is 4.79 Å². The second-order valence-corrected chi connectivity index (χ2v) is 6.01. The fourth-order valence-electron chi connectivity index (χ4n) is 2.34. The van der Waals surface area contributed by atoms with Crippen LogP contribution in [0.25, 0.3) is 0 Å². The van der Waals surface area contributed by atoms with Crippen molar-refractivity contribution in [1.82, 2.24) is 4.90 Å². The topological polar surface area (TPSA) is 29.5 Å². The van der Waals surface area contributed by atoms with Crippen molar-refractivity contribution in [3.63, 3.8) is 0 Å². The SMILES string of the molecule is CC.CN(C)C(=O)CCCCOCCCCCCc1ccccc1. The first-order chi connectivity index (χ1) is 11.7. The average Bonchev–Trinajstić information content (AvgIpc) is 2.62.